The van der Waals surface area contributed by atoms with Crippen molar-refractivity contribution in [1.29, 1.82) is 0 Å². The van der Waals surface area contributed by atoms with Gasteiger partial charge >= 0.3 is 0 Å². The maximum Gasteiger partial charge on any atom is 0.238 e. The fraction of sp³-hybridized carbons (Fsp3) is 0.700. The van der Waals surface area contributed by atoms with Crippen LogP contribution in [0.15, 0.2) is 0 Å². The van der Waals surface area contributed by atoms with Crippen molar-refractivity contribution in [3.05, 3.63) is 17.2 Å². The van der Waals surface area contributed by atoms with Crippen LogP contribution in [0.4, 0.5) is 0 Å². The first kappa shape index (κ1) is 11.9. The third kappa shape index (κ3) is 2.40. The summed E-state index contributed by atoms with van der Waals surface area (Å²) in [4.78, 5) is 4.49. The van der Waals surface area contributed by atoms with Crippen molar-refractivity contribution in [2.45, 2.75) is 44.9 Å². The molecule has 0 amide bonds. The number of hydrogen-bond acceptors (Lipinski definition) is 3. The zero-order valence-electron chi connectivity index (χ0n) is 9.24. The number of aryl methyl sites for hydroxylation is 2. The van der Waals surface area contributed by atoms with Crippen LogP contribution in [0.25, 0.3) is 0 Å². The summed E-state index contributed by atoms with van der Waals surface area (Å²) in [5.41, 5.74) is 1.66. The first-order valence-electron chi connectivity index (χ1n) is 5.50. The third-order valence-electron chi connectivity index (χ3n) is 2.91. The predicted molar refractivity (Wildman–Crippen MR) is 63.0 cm³/mol. The quantitative estimate of drug-likeness (QED) is 0.782. The molecule has 16 heavy (non-hydrogen) atoms. The van der Waals surface area contributed by atoms with Gasteiger partial charge in [-0.15, -0.1) is 0 Å². The molecule has 0 saturated carbocycles. The first-order chi connectivity index (χ1) is 7.51. The molecule has 0 N–H and O–H groups in total. The number of hydrogen-bond donors (Lipinski definition) is 0. The lowest BCUT2D eigenvalue weighted by atomic mass is 10.1. The van der Waals surface area contributed by atoms with E-state index in [4.69, 9.17) is 10.7 Å². The lowest BCUT2D eigenvalue weighted by Gasteiger charge is -2.15. The SMILES string of the molecule is CCc1nc2n(c1CS(=O)(=O)Cl)CCCC2. The summed E-state index contributed by atoms with van der Waals surface area (Å²) in [6.45, 7) is 2.85. The number of imidazole rings is 1. The van der Waals surface area contributed by atoms with Crippen molar-refractivity contribution in [1.82, 2.24) is 9.55 Å². The van der Waals surface area contributed by atoms with Crippen LogP contribution < -0.4 is 0 Å². The molecule has 1 aromatic heterocycles. The highest BCUT2D eigenvalue weighted by molar-refractivity contribution is 8.13. The van der Waals surface area contributed by atoms with Crippen LogP contribution in [0.2, 0.25) is 0 Å². The van der Waals surface area contributed by atoms with Crippen LogP contribution in [-0.2, 0) is 34.2 Å². The normalized spacial score (nSPS) is 16.1. The molecule has 1 aliphatic rings. The molecule has 1 aromatic rings. The summed E-state index contributed by atoms with van der Waals surface area (Å²) in [7, 11) is 1.83. The standard InChI is InChI=1S/C10H15ClN2O2S/c1-2-8-9(7-16(11,14)15)13-6-4-3-5-10(13)12-8/h2-7H2,1H3. The van der Waals surface area contributed by atoms with E-state index in [1.807, 2.05) is 11.5 Å². The van der Waals surface area contributed by atoms with Gasteiger partial charge in [0.1, 0.15) is 11.6 Å². The molecule has 4 nitrogen and oxygen atoms in total. The highest BCUT2D eigenvalue weighted by Gasteiger charge is 2.22. The van der Waals surface area contributed by atoms with Crippen LogP contribution in [0, 0.1) is 0 Å². The Morgan fingerprint density at radius 1 is 1.44 bits per heavy atom. The molecular formula is C10H15ClN2O2S. The van der Waals surface area contributed by atoms with Gasteiger partial charge in [-0.05, 0) is 19.3 Å². The lowest BCUT2D eigenvalue weighted by Crippen LogP contribution is -2.14. The summed E-state index contributed by atoms with van der Waals surface area (Å²) in [6.07, 6.45) is 3.91. The van der Waals surface area contributed by atoms with E-state index in [0.717, 1.165) is 49.4 Å². The Hall–Kier alpha value is -0.550. The highest BCUT2D eigenvalue weighted by Crippen LogP contribution is 2.22. The average Bonchev–Trinajstić information content (AvgIpc) is 2.55. The minimum atomic E-state index is -3.50. The topological polar surface area (TPSA) is 52.0 Å². The molecule has 2 rings (SSSR count). The Bertz CT molecular complexity index is 493. The largest absolute Gasteiger partial charge is 0.331 e. The molecule has 0 fully saturated rings. The summed E-state index contributed by atoms with van der Waals surface area (Å²) < 4.78 is 24.4. The van der Waals surface area contributed by atoms with Crippen molar-refractivity contribution in [2.75, 3.05) is 0 Å². The molecule has 0 spiro atoms. The third-order valence-corrected chi connectivity index (χ3v) is 3.86. The molecule has 1 aliphatic heterocycles. The van der Waals surface area contributed by atoms with Gasteiger partial charge in [-0.3, -0.25) is 0 Å². The number of nitrogens with zero attached hydrogens (tertiary/aromatic N) is 2. The van der Waals surface area contributed by atoms with Gasteiger partial charge in [0.2, 0.25) is 9.05 Å². The number of rotatable bonds is 3. The number of aromatic nitrogens is 2. The van der Waals surface area contributed by atoms with E-state index < -0.39 is 9.05 Å². The van der Waals surface area contributed by atoms with Crippen LogP contribution in [0.5, 0.6) is 0 Å². The number of halogens is 1. The maximum absolute atomic E-state index is 11.2. The van der Waals surface area contributed by atoms with Gasteiger partial charge in [-0.1, -0.05) is 6.92 Å². The smallest absolute Gasteiger partial charge is 0.238 e. The zero-order chi connectivity index (χ0) is 11.8. The summed E-state index contributed by atoms with van der Waals surface area (Å²) in [6, 6.07) is 0. The molecule has 0 bridgehead atoms. The summed E-state index contributed by atoms with van der Waals surface area (Å²) in [5, 5.41) is 0. The number of fused-ring (bicyclic) bond motifs is 1. The molecule has 0 saturated heterocycles. The molecular weight excluding hydrogens is 248 g/mol. The van der Waals surface area contributed by atoms with Gasteiger partial charge in [0, 0.05) is 23.6 Å². The van der Waals surface area contributed by atoms with Crippen LogP contribution in [0.1, 0.15) is 37.0 Å². The van der Waals surface area contributed by atoms with E-state index in [1.165, 1.54) is 0 Å². The van der Waals surface area contributed by atoms with Gasteiger partial charge in [0.05, 0.1) is 11.4 Å². The zero-order valence-corrected chi connectivity index (χ0v) is 10.8. The average molecular weight is 263 g/mol. The summed E-state index contributed by atoms with van der Waals surface area (Å²) >= 11 is 0. The fourth-order valence-corrected chi connectivity index (χ4v) is 3.17. The Labute approximate surface area is 100 Å². The molecule has 0 atom stereocenters. The second kappa shape index (κ2) is 4.37. The van der Waals surface area contributed by atoms with Crippen LogP contribution in [-0.4, -0.2) is 18.0 Å². The molecule has 0 aromatic carbocycles. The van der Waals surface area contributed by atoms with Crippen molar-refractivity contribution in [2.24, 2.45) is 0 Å². The van der Waals surface area contributed by atoms with Crippen molar-refractivity contribution >= 4 is 19.7 Å². The second-order valence-corrected chi connectivity index (χ2v) is 6.84. The molecule has 90 valence electrons. The van der Waals surface area contributed by atoms with Gasteiger partial charge in [0.25, 0.3) is 0 Å². The van der Waals surface area contributed by atoms with E-state index >= 15 is 0 Å². The van der Waals surface area contributed by atoms with Gasteiger partial charge in [-0.2, -0.15) is 0 Å². The Balaban J connectivity index is 2.45. The van der Waals surface area contributed by atoms with Crippen molar-refractivity contribution in [3.8, 4) is 0 Å². The van der Waals surface area contributed by atoms with E-state index in [0.29, 0.717) is 0 Å². The Morgan fingerprint density at radius 3 is 2.81 bits per heavy atom. The van der Waals surface area contributed by atoms with Crippen molar-refractivity contribution < 1.29 is 8.42 Å². The van der Waals surface area contributed by atoms with E-state index in [-0.39, 0.29) is 5.75 Å². The monoisotopic (exact) mass is 262 g/mol. The molecule has 0 unspecified atom stereocenters. The molecule has 0 radical (unpaired) electrons. The first-order valence-corrected chi connectivity index (χ1v) is 7.98. The minimum Gasteiger partial charge on any atom is -0.331 e. The van der Waals surface area contributed by atoms with E-state index in [9.17, 15) is 8.42 Å². The Morgan fingerprint density at radius 2 is 2.19 bits per heavy atom. The molecule has 6 heteroatoms. The van der Waals surface area contributed by atoms with E-state index in [1.54, 1.807) is 0 Å². The minimum absolute atomic E-state index is 0.106. The van der Waals surface area contributed by atoms with Crippen LogP contribution >= 0.6 is 10.7 Å². The summed E-state index contributed by atoms with van der Waals surface area (Å²) in [5.74, 6) is 0.906. The second-order valence-electron chi connectivity index (χ2n) is 4.07. The molecule has 2 heterocycles. The highest BCUT2D eigenvalue weighted by atomic mass is 35.7. The van der Waals surface area contributed by atoms with Gasteiger partial charge in [0.15, 0.2) is 0 Å². The van der Waals surface area contributed by atoms with Crippen LogP contribution in [0.3, 0.4) is 0 Å². The molecule has 0 aliphatic carbocycles. The van der Waals surface area contributed by atoms with Gasteiger partial charge in [-0.25, -0.2) is 13.4 Å². The van der Waals surface area contributed by atoms with E-state index in [2.05, 4.69) is 4.98 Å². The lowest BCUT2D eigenvalue weighted by molar-refractivity contribution is 0.511. The Kier molecular flexibility index (Phi) is 3.26. The maximum atomic E-state index is 11.2. The van der Waals surface area contributed by atoms with Gasteiger partial charge < -0.3 is 4.57 Å². The fourth-order valence-electron chi connectivity index (χ4n) is 2.21. The van der Waals surface area contributed by atoms with Crippen molar-refractivity contribution in [3.63, 3.8) is 0 Å². The predicted octanol–water partition coefficient (Wildman–Crippen LogP) is 1.85.